The number of aromatic nitrogens is 1. The molecule has 2 aromatic rings. The molecule has 4 N–H and O–H groups in total. The molecule has 0 bridgehead atoms. The van der Waals surface area contributed by atoms with E-state index in [2.05, 4.69) is 15.5 Å². The van der Waals surface area contributed by atoms with Crippen LogP contribution in [0.3, 0.4) is 0 Å². The molecule has 0 saturated carbocycles. The van der Waals surface area contributed by atoms with Gasteiger partial charge in [-0.1, -0.05) is 11.2 Å². The van der Waals surface area contributed by atoms with Gasteiger partial charge in [0.05, 0.1) is 25.4 Å². The standard InChI is InChI=1S/C14H18N4O3/c1-9-6-17-13(21-9)8-16-7-10-3-4-11(14(15)18-19)12(5-10)20-2/h3-6,16,19H,7-8H2,1-2H3,(H2,15,18). The van der Waals surface area contributed by atoms with Gasteiger partial charge in [-0.2, -0.15) is 0 Å². The monoisotopic (exact) mass is 290 g/mol. The Balaban J connectivity index is 2.00. The molecule has 1 aromatic heterocycles. The third kappa shape index (κ3) is 3.73. The Morgan fingerprint density at radius 1 is 1.48 bits per heavy atom. The average molecular weight is 290 g/mol. The van der Waals surface area contributed by atoms with Crippen LogP contribution in [0.5, 0.6) is 5.75 Å². The number of aryl methyl sites for hydroxylation is 1. The molecule has 21 heavy (non-hydrogen) atoms. The van der Waals surface area contributed by atoms with Crippen molar-refractivity contribution < 1.29 is 14.4 Å². The number of rotatable bonds is 6. The Bertz CT molecular complexity index is 637. The summed E-state index contributed by atoms with van der Waals surface area (Å²) in [6.45, 7) is 3.01. The van der Waals surface area contributed by atoms with Crippen LogP contribution in [-0.4, -0.2) is 23.1 Å². The highest BCUT2D eigenvalue weighted by Crippen LogP contribution is 2.20. The fraction of sp³-hybridized carbons (Fsp3) is 0.286. The highest BCUT2D eigenvalue weighted by atomic mass is 16.5. The third-order valence-electron chi connectivity index (χ3n) is 2.92. The number of oxazole rings is 1. The number of benzene rings is 1. The minimum atomic E-state index is 0.0154. The predicted octanol–water partition coefficient (Wildman–Crippen LogP) is 1.38. The van der Waals surface area contributed by atoms with E-state index in [9.17, 15) is 0 Å². The lowest BCUT2D eigenvalue weighted by molar-refractivity contribution is 0.318. The third-order valence-corrected chi connectivity index (χ3v) is 2.92. The first-order valence-electron chi connectivity index (χ1n) is 6.41. The number of hydrogen-bond donors (Lipinski definition) is 3. The molecule has 0 amide bonds. The van der Waals surface area contributed by atoms with Crippen LogP contribution in [0.25, 0.3) is 0 Å². The van der Waals surface area contributed by atoms with Crippen LogP contribution in [0, 0.1) is 6.92 Å². The van der Waals surface area contributed by atoms with Crippen molar-refractivity contribution in [1.29, 1.82) is 0 Å². The quantitative estimate of drug-likeness (QED) is 0.321. The lowest BCUT2D eigenvalue weighted by Crippen LogP contribution is -2.16. The van der Waals surface area contributed by atoms with Gasteiger partial charge in [0.15, 0.2) is 5.84 Å². The number of nitrogens with two attached hydrogens (primary N) is 1. The summed E-state index contributed by atoms with van der Waals surface area (Å²) in [6.07, 6.45) is 1.69. The maximum absolute atomic E-state index is 8.72. The van der Waals surface area contributed by atoms with E-state index in [1.807, 2.05) is 19.1 Å². The normalized spacial score (nSPS) is 11.6. The smallest absolute Gasteiger partial charge is 0.208 e. The van der Waals surface area contributed by atoms with Gasteiger partial charge < -0.3 is 25.4 Å². The van der Waals surface area contributed by atoms with Crippen molar-refractivity contribution in [3.8, 4) is 5.75 Å². The molecule has 1 aromatic carbocycles. The lowest BCUT2D eigenvalue weighted by Gasteiger charge is -2.10. The van der Waals surface area contributed by atoms with Gasteiger partial charge >= 0.3 is 0 Å². The second-order valence-electron chi connectivity index (χ2n) is 4.49. The number of oxime groups is 1. The first kappa shape index (κ1) is 14.9. The van der Waals surface area contributed by atoms with Gasteiger partial charge in [-0.25, -0.2) is 4.98 Å². The summed E-state index contributed by atoms with van der Waals surface area (Å²) in [5.41, 5.74) is 7.14. The summed E-state index contributed by atoms with van der Waals surface area (Å²) in [4.78, 5) is 4.12. The molecule has 1 heterocycles. The van der Waals surface area contributed by atoms with E-state index in [-0.39, 0.29) is 5.84 Å². The number of amidine groups is 1. The molecule has 112 valence electrons. The molecule has 0 aliphatic heterocycles. The first-order chi connectivity index (χ1) is 10.1. The van der Waals surface area contributed by atoms with E-state index in [4.69, 9.17) is 20.1 Å². The number of nitrogens with zero attached hydrogens (tertiary/aromatic N) is 2. The molecule has 7 nitrogen and oxygen atoms in total. The summed E-state index contributed by atoms with van der Waals surface area (Å²) in [7, 11) is 1.54. The summed E-state index contributed by atoms with van der Waals surface area (Å²) in [6, 6.07) is 5.46. The van der Waals surface area contributed by atoms with Gasteiger partial charge in [0, 0.05) is 6.54 Å². The number of hydrogen-bond acceptors (Lipinski definition) is 6. The molecule has 0 atom stereocenters. The van der Waals surface area contributed by atoms with Gasteiger partial charge in [-0.05, 0) is 24.6 Å². The minimum Gasteiger partial charge on any atom is -0.496 e. The molecule has 0 saturated heterocycles. The van der Waals surface area contributed by atoms with E-state index in [0.29, 0.717) is 30.3 Å². The van der Waals surface area contributed by atoms with Crippen LogP contribution < -0.4 is 15.8 Å². The van der Waals surface area contributed by atoms with E-state index in [1.54, 1.807) is 12.3 Å². The van der Waals surface area contributed by atoms with Crippen LogP contribution in [0.2, 0.25) is 0 Å². The van der Waals surface area contributed by atoms with Crippen LogP contribution in [0.15, 0.2) is 34.0 Å². The lowest BCUT2D eigenvalue weighted by atomic mass is 10.1. The van der Waals surface area contributed by atoms with Gasteiger partial charge in [0.25, 0.3) is 0 Å². The van der Waals surface area contributed by atoms with Crippen LogP contribution in [0.4, 0.5) is 0 Å². The van der Waals surface area contributed by atoms with Crippen LogP contribution in [-0.2, 0) is 13.1 Å². The van der Waals surface area contributed by atoms with Gasteiger partial charge in [-0.15, -0.1) is 0 Å². The molecule has 0 radical (unpaired) electrons. The SMILES string of the molecule is COc1cc(CNCc2ncc(C)o2)ccc1/C(N)=N/O. The molecular formula is C14H18N4O3. The highest BCUT2D eigenvalue weighted by molar-refractivity contribution is 5.99. The molecule has 2 rings (SSSR count). The Morgan fingerprint density at radius 2 is 2.29 bits per heavy atom. The van der Waals surface area contributed by atoms with Crippen molar-refractivity contribution in [3.63, 3.8) is 0 Å². The van der Waals surface area contributed by atoms with Gasteiger partial charge in [0.1, 0.15) is 11.5 Å². The van der Waals surface area contributed by atoms with Crippen molar-refractivity contribution in [2.24, 2.45) is 10.9 Å². The number of ether oxygens (including phenoxy) is 1. The van der Waals surface area contributed by atoms with E-state index in [1.165, 1.54) is 7.11 Å². The fourth-order valence-corrected chi connectivity index (χ4v) is 1.91. The zero-order valence-corrected chi connectivity index (χ0v) is 12.0. The maximum atomic E-state index is 8.72. The van der Waals surface area contributed by atoms with Crippen LogP contribution >= 0.6 is 0 Å². The Labute approximate surface area is 122 Å². The van der Waals surface area contributed by atoms with E-state index in [0.717, 1.165) is 11.3 Å². The average Bonchev–Trinajstić information content (AvgIpc) is 2.91. The second-order valence-corrected chi connectivity index (χ2v) is 4.49. The molecule has 0 spiro atoms. The maximum Gasteiger partial charge on any atom is 0.208 e. The van der Waals surface area contributed by atoms with Crippen molar-refractivity contribution in [3.05, 3.63) is 47.2 Å². The Morgan fingerprint density at radius 3 is 2.90 bits per heavy atom. The summed E-state index contributed by atoms with van der Waals surface area (Å²) in [5.74, 6) is 2.00. The molecular weight excluding hydrogens is 272 g/mol. The number of nitrogens with one attached hydrogen (secondary N) is 1. The van der Waals surface area contributed by atoms with Crippen molar-refractivity contribution >= 4 is 5.84 Å². The van der Waals surface area contributed by atoms with Crippen molar-refractivity contribution in [1.82, 2.24) is 10.3 Å². The first-order valence-corrected chi connectivity index (χ1v) is 6.41. The molecule has 0 aliphatic rings. The Kier molecular flexibility index (Phi) is 4.78. The van der Waals surface area contributed by atoms with Crippen molar-refractivity contribution in [2.45, 2.75) is 20.0 Å². The second kappa shape index (κ2) is 6.76. The van der Waals surface area contributed by atoms with E-state index >= 15 is 0 Å². The zero-order valence-electron chi connectivity index (χ0n) is 12.0. The summed E-state index contributed by atoms with van der Waals surface area (Å²) in [5, 5.41) is 14.9. The molecule has 0 unspecified atom stereocenters. The highest BCUT2D eigenvalue weighted by Gasteiger charge is 2.09. The fourth-order valence-electron chi connectivity index (χ4n) is 1.91. The topological polar surface area (TPSA) is 106 Å². The van der Waals surface area contributed by atoms with E-state index < -0.39 is 0 Å². The Hall–Kier alpha value is -2.54. The predicted molar refractivity (Wildman–Crippen MR) is 77.3 cm³/mol. The molecule has 0 fully saturated rings. The van der Waals surface area contributed by atoms with Crippen LogP contribution in [0.1, 0.15) is 22.8 Å². The number of methoxy groups -OCH3 is 1. The molecule has 0 aliphatic carbocycles. The van der Waals surface area contributed by atoms with Crippen molar-refractivity contribution in [2.75, 3.05) is 7.11 Å². The minimum absolute atomic E-state index is 0.0154. The van der Waals surface area contributed by atoms with Gasteiger partial charge in [0.2, 0.25) is 5.89 Å². The zero-order chi connectivity index (χ0) is 15.2. The summed E-state index contributed by atoms with van der Waals surface area (Å²) < 4.78 is 10.6. The molecule has 7 heteroatoms. The van der Waals surface area contributed by atoms with Gasteiger partial charge in [-0.3, -0.25) is 0 Å². The summed E-state index contributed by atoms with van der Waals surface area (Å²) >= 11 is 0. The largest absolute Gasteiger partial charge is 0.496 e.